The predicted molar refractivity (Wildman–Crippen MR) is 64.4 cm³/mol. The van der Waals surface area contributed by atoms with Crippen molar-refractivity contribution >= 4 is 0 Å². The minimum atomic E-state index is -0.196. The first-order valence-electron chi connectivity index (χ1n) is 6.66. The van der Waals surface area contributed by atoms with E-state index in [-0.39, 0.29) is 6.10 Å². The molecule has 0 amide bonds. The number of ether oxygens (including phenoxy) is 1. The van der Waals surface area contributed by atoms with E-state index in [0.29, 0.717) is 12.0 Å². The Kier molecular flexibility index (Phi) is 4.22. The first kappa shape index (κ1) is 12.3. The molecule has 3 nitrogen and oxygen atoms in total. The van der Waals surface area contributed by atoms with Crippen LogP contribution in [0, 0.1) is 11.8 Å². The molecular weight excluding hydrogens is 202 g/mol. The Morgan fingerprint density at radius 3 is 2.81 bits per heavy atom. The quantitative estimate of drug-likeness (QED) is 0.793. The van der Waals surface area contributed by atoms with Gasteiger partial charge in [0.1, 0.15) is 0 Å². The van der Waals surface area contributed by atoms with Gasteiger partial charge in [0, 0.05) is 25.1 Å². The van der Waals surface area contributed by atoms with Crippen molar-refractivity contribution < 1.29 is 9.84 Å². The van der Waals surface area contributed by atoms with Gasteiger partial charge in [-0.2, -0.15) is 0 Å². The summed E-state index contributed by atoms with van der Waals surface area (Å²) < 4.78 is 5.33. The van der Waals surface area contributed by atoms with E-state index >= 15 is 0 Å². The maximum atomic E-state index is 10.2. The normalized spacial score (nSPS) is 38.8. The zero-order chi connectivity index (χ0) is 11.5. The third-order valence-corrected chi connectivity index (χ3v) is 4.21. The van der Waals surface area contributed by atoms with Crippen molar-refractivity contribution in [3.8, 4) is 0 Å². The van der Waals surface area contributed by atoms with Crippen molar-refractivity contribution in [2.45, 2.75) is 45.3 Å². The van der Waals surface area contributed by atoms with Crippen LogP contribution >= 0.6 is 0 Å². The molecule has 0 spiro atoms. The molecule has 0 bridgehead atoms. The van der Waals surface area contributed by atoms with Crippen molar-refractivity contribution in [1.82, 2.24) is 4.90 Å². The fourth-order valence-electron chi connectivity index (χ4n) is 2.97. The van der Waals surface area contributed by atoms with Crippen LogP contribution in [0.4, 0.5) is 0 Å². The second kappa shape index (κ2) is 5.48. The van der Waals surface area contributed by atoms with Gasteiger partial charge in [0.25, 0.3) is 0 Å². The zero-order valence-corrected chi connectivity index (χ0v) is 10.6. The molecule has 0 radical (unpaired) electrons. The number of rotatable bonds is 3. The number of aliphatic hydroxyl groups excluding tert-OH is 1. The molecule has 3 heteroatoms. The summed E-state index contributed by atoms with van der Waals surface area (Å²) in [6, 6.07) is 0.626. The van der Waals surface area contributed by atoms with Crippen LogP contribution in [0.25, 0.3) is 0 Å². The van der Waals surface area contributed by atoms with Crippen molar-refractivity contribution in [2.24, 2.45) is 11.8 Å². The fraction of sp³-hybridized carbons (Fsp3) is 1.00. The molecule has 1 N–H and O–H groups in total. The Morgan fingerprint density at radius 2 is 2.19 bits per heavy atom. The number of β-amino-alcohol motifs (C(OH)–C–C–N with tert-alkyl or cyclic N) is 1. The number of likely N-dealkylation sites (tertiary alicyclic amines) is 1. The molecule has 0 saturated carbocycles. The topological polar surface area (TPSA) is 32.7 Å². The molecule has 0 aromatic rings. The molecule has 0 aliphatic carbocycles. The molecule has 2 aliphatic heterocycles. The van der Waals surface area contributed by atoms with E-state index in [1.807, 2.05) is 0 Å². The third-order valence-electron chi connectivity index (χ3n) is 4.21. The summed E-state index contributed by atoms with van der Waals surface area (Å²) >= 11 is 0. The number of aliphatic hydroxyl groups is 1. The molecule has 2 heterocycles. The van der Waals surface area contributed by atoms with Crippen molar-refractivity contribution in [2.75, 3.05) is 26.3 Å². The highest BCUT2D eigenvalue weighted by Gasteiger charge is 2.29. The second-order valence-electron chi connectivity index (χ2n) is 5.66. The van der Waals surface area contributed by atoms with Crippen LogP contribution in [-0.4, -0.2) is 48.5 Å². The molecule has 4 unspecified atom stereocenters. The van der Waals surface area contributed by atoms with Crippen molar-refractivity contribution in [3.63, 3.8) is 0 Å². The van der Waals surface area contributed by atoms with E-state index in [1.165, 1.54) is 12.8 Å². The lowest BCUT2D eigenvalue weighted by atomic mass is 9.92. The summed E-state index contributed by atoms with van der Waals surface area (Å²) in [4.78, 5) is 2.45. The van der Waals surface area contributed by atoms with Crippen LogP contribution in [0.5, 0.6) is 0 Å². The smallest absolute Gasteiger partial charge is 0.0718 e. The maximum absolute atomic E-state index is 10.2. The van der Waals surface area contributed by atoms with Crippen molar-refractivity contribution in [3.05, 3.63) is 0 Å². The summed E-state index contributed by atoms with van der Waals surface area (Å²) in [5.74, 6) is 1.21. The summed E-state index contributed by atoms with van der Waals surface area (Å²) in [6.07, 6.45) is 3.38. The molecule has 2 aliphatic rings. The summed E-state index contributed by atoms with van der Waals surface area (Å²) in [7, 11) is 0. The van der Waals surface area contributed by atoms with E-state index in [4.69, 9.17) is 4.74 Å². The molecule has 2 saturated heterocycles. The first-order chi connectivity index (χ1) is 7.66. The van der Waals surface area contributed by atoms with Gasteiger partial charge < -0.3 is 9.84 Å². The molecule has 2 rings (SSSR count). The van der Waals surface area contributed by atoms with Crippen LogP contribution in [0.15, 0.2) is 0 Å². The van der Waals surface area contributed by atoms with Gasteiger partial charge in [-0.05, 0) is 38.6 Å². The molecular formula is C13H25NO2. The standard InChI is InChI=1S/C13H25NO2/c1-10-3-5-14(11(2)7-10)8-13(15)12-4-6-16-9-12/h10-13,15H,3-9H2,1-2H3. The zero-order valence-electron chi connectivity index (χ0n) is 10.6. The van der Waals surface area contributed by atoms with E-state index in [2.05, 4.69) is 18.7 Å². The molecule has 0 aromatic carbocycles. The number of nitrogens with zero attached hydrogens (tertiary/aromatic N) is 1. The van der Waals surface area contributed by atoms with Crippen LogP contribution < -0.4 is 0 Å². The van der Waals surface area contributed by atoms with Gasteiger partial charge in [0.15, 0.2) is 0 Å². The summed E-state index contributed by atoms with van der Waals surface area (Å²) in [6.45, 7) is 8.17. The van der Waals surface area contributed by atoms with E-state index in [1.54, 1.807) is 0 Å². The van der Waals surface area contributed by atoms with E-state index in [0.717, 1.165) is 38.6 Å². The van der Waals surface area contributed by atoms with Gasteiger partial charge in [0.2, 0.25) is 0 Å². The van der Waals surface area contributed by atoms with Gasteiger partial charge in [0.05, 0.1) is 12.7 Å². The lowest BCUT2D eigenvalue weighted by Gasteiger charge is -2.38. The second-order valence-corrected chi connectivity index (χ2v) is 5.66. The third kappa shape index (κ3) is 2.96. The van der Waals surface area contributed by atoms with Crippen LogP contribution in [0.1, 0.15) is 33.1 Å². The molecule has 16 heavy (non-hydrogen) atoms. The Balaban J connectivity index is 1.79. The van der Waals surface area contributed by atoms with Crippen LogP contribution in [-0.2, 0) is 4.74 Å². The Morgan fingerprint density at radius 1 is 1.38 bits per heavy atom. The molecule has 2 fully saturated rings. The average Bonchev–Trinajstić information content (AvgIpc) is 2.75. The highest BCUT2D eigenvalue weighted by molar-refractivity contribution is 4.82. The number of hydrogen-bond donors (Lipinski definition) is 1. The maximum Gasteiger partial charge on any atom is 0.0718 e. The van der Waals surface area contributed by atoms with Crippen LogP contribution in [0.3, 0.4) is 0 Å². The lowest BCUT2D eigenvalue weighted by Crippen LogP contribution is -2.45. The van der Waals surface area contributed by atoms with Gasteiger partial charge in [-0.1, -0.05) is 6.92 Å². The Hall–Kier alpha value is -0.120. The lowest BCUT2D eigenvalue weighted by molar-refractivity contribution is 0.0260. The fourth-order valence-corrected chi connectivity index (χ4v) is 2.97. The number of piperidine rings is 1. The first-order valence-corrected chi connectivity index (χ1v) is 6.66. The number of hydrogen-bond acceptors (Lipinski definition) is 3. The van der Waals surface area contributed by atoms with Gasteiger partial charge >= 0.3 is 0 Å². The largest absolute Gasteiger partial charge is 0.391 e. The highest BCUT2D eigenvalue weighted by atomic mass is 16.5. The van der Waals surface area contributed by atoms with E-state index in [9.17, 15) is 5.11 Å². The van der Waals surface area contributed by atoms with Gasteiger partial charge in [-0.3, -0.25) is 4.90 Å². The molecule has 0 aromatic heterocycles. The molecule has 94 valence electrons. The van der Waals surface area contributed by atoms with Crippen LogP contribution in [0.2, 0.25) is 0 Å². The average molecular weight is 227 g/mol. The molecule has 4 atom stereocenters. The Bertz CT molecular complexity index is 216. The van der Waals surface area contributed by atoms with E-state index < -0.39 is 0 Å². The van der Waals surface area contributed by atoms with Crippen molar-refractivity contribution in [1.29, 1.82) is 0 Å². The Labute approximate surface area is 98.8 Å². The summed E-state index contributed by atoms with van der Waals surface area (Å²) in [5.41, 5.74) is 0. The SMILES string of the molecule is CC1CCN(CC(O)C2CCOC2)C(C)C1. The predicted octanol–water partition coefficient (Wildman–Crippen LogP) is 1.50. The van der Waals surface area contributed by atoms with Gasteiger partial charge in [-0.25, -0.2) is 0 Å². The minimum absolute atomic E-state index is 0.196. The monoisotopic (exact) mass is 227 g/mol. The van der Waals surface area contributed by atoms with Gasteiger partial charge in [-0.15, -0.1) is 0 Å². The summed E-state index contributed by atoms with van der Waals surface area (Å²) in [5, 5.41) is 10.2. The highest BCUT2D eigenvalue weighted by Crippen LogP contribution is 2.24. The minimum Gasteiger partial charge on any atom is -0.391 e.